The second-order valence-corrected chi connectivity index (χ2v) is 6.30. The Kier molecular flexibility index (Phi) is 4.65. The van der Waals surface area contributed by atoms with Crippen molar-refractivity contribution in [1.29, 1.82) is 0 Å². The summed E-state index contributed by atoms with van der Waals surface area (Å²) in [7, 11) is 0. The Balaban J connectivity index is 1.50. The Morgan fingerprint density at radius 3 is 2.70 bits per heavy atom. The molecule has 1 aromatic heterocycles. The number of nitrogens with one attached hydrogen (secondary N) is 2. The minimum absolute atomic E-state index is 0.170. The third-order valence-corrected chi connectivity index (χ3v) is 4.23. The van der Waals surface area contributed by atoms with E-state index < -0.39 is 0 Å². The van der Waals surface area contributed by atoms with E-state index in [1.807, 2.05) is 36.9 Å². The molecule has 0 fully saturated rings. The molecule has 0 unspecified atom stereocenters. The Morgan fingerprint density at radius 1 is 1.17 bits per heavy atom. The van der Waals surface area contributed by atoms with Crippen molar-refractivity contribution in [1.82, 2.24) is 15.1 Å². The number of amides is 2. The van der Waals surface area contributed by atoms with Crippen LogP contribution in [0.15, 0.2) is 24.4 Å². The first-order valence-electron chi connectivity index (χ1n) is 8.28. The summed E-state index contributed by atoms with van der Waals surface area (Å²) in [6, 6.07) is 5.85. The molecule has 1 aliphatic rings. The van der Waals surface area contributed by atoms with Gasteiger partial charge in [0, 0.05) is 17.9 Å². The molecule has 3 rings (SSSR count). The standard InChI is InChI=1S/C18H24N4O/c1-13-9-14(2)11-16(10-13)21-18(23)19-7-8-22-17-6-4-3-5-15(17)12-20-22/h9-12H,3-8H2,1-2H3,(H2,19,21,23). The molecule has 122 valence electrons. The van der Waals surface area contributed by atoms with E-state index in [0.717, 1.165) is 36.2 Å². The van der Waals surface area contributed by atoms with Crippen molar-refractivity contribution in [3.63, 3.8) is 0 Å². The van der Waals surface area contributed by atoms with E-state index in [2.05, 4.69) is 21.8 Å². The minimum atomic E-state index is -0.170. The summed E-state index contributed by atoms with van der Waals surface area (Å²) < 4.78 is 2.03. The Labute approximate surface area is 137 Å². The van der Waals surface area contributed by atoms with Crippen LogP contribution < -0.4 is 10.6 Å². The average molecular weight is 312 g/mol. The zero-order valence-electron chi connectivity index (χ0n) is 13.9. The van der Waals surface area contributed by atoms with Gasteiger partial charge in [0.1, 0.15) is 0 Å². The van der Waals surface area contributed by atoms with Crippen LogP contribution in [0.4, 0.5) is 10.5 Å². The predicted molar refractivity (Wildman–Crippen MR) is 91.8 cm³/mol. The van der Waals surface area contributed by atoms with Gasteiger partial charge in [0.2, 0.25) is 0 Å². The molecule has 0 bridgehead atoms. The molecule has 0 aliphatic heterocycles. The molecule has 5 heteroatoms. The van der Waals surface area contributed by atoms with Crippen LogP contribution in [0.25, 0.3) is 0 Å². The van der Waals surface area contributed by atoms with E-state index in [1.54, 1.807) is 0 Å². The lowest BCUT2D eigenvalue weighted by Crippen LogP contribution is -2.32. The van der Waals surface area contributed by atoms with Gasteiger partial charge in [-0.3, -0.25) is 4.68 Å². The van der Waals surface area contributed by atoms with Crippen LogP contribution >= 0.6 is 0 Å². The van der Waals surface area contributed by atoms with Crippen LogP contribution in [0.2, 0.25) is 0 Å². The molecule has 5 nitrogen and oxygen atoms in total. The van der Waals surface area contributed by atoms with Crippen LogP contribution in [0.5, 0.6) is 0 Å². The number of anilines is 1. The fraction of sp³-hybridized carbons (Fsp3) is 0.444. The monoisotopic (exact) mass is 312 g/mol. The molecule has 0 saturated heterocycles. The number of urea groups is 1. The van der Waals surface area contributed by atoms with Gasteiger partial charge in [-0.05, 0) is 68.4 Å². The van der Waals surface area contributed by atoms with Gasteiger partial charge in [-0.25, -0.2) is 4.79 Å². The summed E-state index contributed by atoms with van der Waals surface area (Å²) in [5, 5.41) is 10.2. The second-order valence-electron chi connectivity index (χ2n) is 6.30. The molecule has 1 aliphatic carbocycles. The lowest BCUT2D eigenvalue weighted by atomic mass is 9.98. The van der Waals surface area contributed by atoms with Gasteiger partial charge in [-0.1, -0.05) is 6.07 Å². The molecule has 1 aromatic carbocycles. The van der Waals surface area contributed by atoms with Gasteiger partial charge < -0.3 is 10.6 Å². The highest BCUT2D eigenvalue weighted by atomic mass is 16.2. The van der Waals surface area contributed by atoms with Crippen molar-refractivity contribution in [3.8, 4) is 0 Å². The number of carbonyl (C=O) groups is 1. The summed E-state index contributed by atoms with van der Waals surface area (Å²) in [5.41, 5.74) is 5.83. The van der Waals surface area contributed by atoms with Crippen LogP contribution in [0.1, 0.15) is 35.2 Å². The van der Waals surface area contributed by atoms with Gasteiger partial charge in [0.05, 0.1) is 12.7 Å². The van der Waals surface area contributed by atoms with Crippen molar-refractivity contribution in [2.24, 2.45) is 0 Å². The molecule has 0 radical (unpaired) electrons. The average Bonchev–Trinajstić information content (AvgIpc) is 2.90. The fourth-order valence-corrected chi connectivity index (χ4v) is 3.25. The van der Waals surface area contributed by atoms with E-state index in [-0.39, 0.29) is 6.03 Å². The summed E-state index contributed by atoms with van der Waals surface area (Å²) in [5.74, 6) is 0. The third-order valence-electron chi connectivity index (χ3n) is 4.23. The minimum Gasteiger partial charge on any atom is -0.336 e. The number of nitrogens with zero attached hydrogens (tertiary/aromatic N) is 2. The summed E-state index contributed by atoms with van der Waals surface area (Å²) in [6.07, 6.45) is 6.71. The van der Waals surface area contributed by atoms with Crippen molar-refractivity contribution in [2.75, 3.05) is 11.9 Å². The van der Waals surface area contributed by atoms with Gasteiger partial charge in [0.25, 0.3) is 0 Å². The number of fused-ring (bicyclic) bond motifs is 1. The smallest absolute Gasteiger partial charge is 0.319 e. The first kappa shape index (κ1) is 15.6. The number of rotatable bonds is 4. The summed E-state index contributed by atoms with van der Waals surface area (Å²) >= 11 is 0. The lowest BCUT2D eigenvalue weighted by molar-refractivity contribution is 0.251. The van der Waals surface area contributed by atoms with Crippen molar-refractivity contribution < 1.29 is 4.79 Å². The topological polar surface area (TPSA) is 59.0 Å². The van der Waals surface area contributed by atoms with Gasteiger partial charge in [-0.2, -0.15) is 5.10 Å². The summed E-state index contributed by atoms with van der Waals surface area (Å²) in [6.45, 7) is 5.34. The molecule has 0 spiro atoms. The normalized spacial score (nSPS) is 13.5. The highest BCUT2D eigenvalue weighted by molar-refractivity contribution is 5.89. The fourth-order valence-electron chi connectivity index (χ4n) is 3.25. The SMILES string of the molecule is Cc1cc(C)cc(NC(=O)NCCn2ncc3c2CCCC3)c1. The summed E-state index contributed by atoms with van der Waals surface area (Å²) in [4.78, 5) is 12.0. The number of benzene rings is 1. The van der Waals surface area contributed by atoms with E-state index in [9.17, 15) is 4.79 Å². The highest BCUT2D eigenvalue weighted by Crippen LogP contribution is 2.20. The highest BCUT2D eigenvalue weighted by Gasteiger charge is 2.14. The Bertz CT molecular complexity index is 685. The first-order valence-corrected chi connectivity index (χ1v) is 8.28. The van der Waals surface area contributed by atoms with Gasteiger partial charge >= 0.3 is 6.03 Å². The molecule has 1 heterocycles. The molecular weight excluding hydrogens is 288 g/mol. The molecule has 2 N–H and O–H groups in total. The Hall–Kier alpha value is -2.30. The van der Waals surface area contributed by atoms with Gasteiger partial charge in [-0.15, -0.1) is 0 Å². The zero-order chi connectivity index (χ0) is 16.2. The third kappa shape index (κ3) is 3.92. The number of aromatic nitrogens is 2. The second kappa shape index (κ2) is 6.86. The van der Waals surface area contributed by atoms with Crippen molar-refractivity contribution >= 4 is 11.7 Å². The molecule has 2 aromatic rings. The van der Waals surface area contributed by atoms with Gasteiger partial charge in [0.15, 0.2) is 0 Å². The first-order chi connectivity index (χ1) is 11.1. The number of aryl methyl sites for hydroxylation is 3. The maximum atomic E-state index is 12.0. The number of hydrogen-bond donors (Lipinski definition) is 2. The van der Waals surface area contributed by atoms with E-state index in [4.69, 9.17) is 0 Å². The largest absolute Gasteiger partial charge is 0.336 e. The Morgan fingerprint density at radius 2 is 1.91 bits per heavy atom. The van der Waals surface area contributed by atoms with Crippen LogP contribution in [0.3, 0.4) is 0 Å². The molecule has 0 atom stereocenters. The predicted octanol–water partition coefficient (Wildman–Crippen LogP) is 3.20. The van der Waals surface area contributed by atoms with E-state index in [0.29, 0.717) is 6.54 Å². The van der Waals surface area contributed by atoms with Crippen LogP contribution in [0, 0.1) is 13.8 Å². The zero-order valence-corrected chi connectivity index (χ0v) is 13.9. The quantitative estimate of drug-likeness (QED) is 0.911. The molecule has 23 heavy (non-hydrogen) atoms. The molecular formula is C18H24N4O. The maximum Gasteiger partial charge on any atom is 0.319 e. The number of carbonyl (C=O) groups excluding carboxylic acids is 1. The van der Waals surface area contributed by atoms with Crippen LogP contribution in [-0.4, -0.2) is 22.4 Å². The van der Waals surface area contributed by atoms with Crippen LogP contribution in [-0.2, 0) is 19.4 Å². The van der Waals surface area contributed by atoms with E-state index >= 15 is 0 Å². The lowest BCUT2D eigenvalue weighted by Gasteiger charge is -2.14. The van der Waals surface area contributed by atoms with Crippen molar-refractivity contribution in [3.05, 3.63) is 46.8 Å². The van der Waals surface area contributed by atoms with E-state index in [1.165, 1.54) is 24.1 Å². The number of hydrogen-bond acceptors (Lipinski definition) is 2. The molecule has 0 saturated carbocycles. The maximum absolute atomic E-state index is 12.0. The molecule has 2 amide bonds. The van der Waals surface area contributed by atoms with Crippen molar-refractivity contribution in [2.45, 2.75) is 46.1 Å².